The van der Waals surface area contributed by atoms with Gasteiger partial charge in [0.05, 0.1) is 37.1 Å². The molecule has 8 nitrogen and oxygen atoms in total. The van der Waals surface area contributed by atoms with Gasteiger partial charge in [-0.2, -0.15) is 0 Å². The molecule has 11 heteroatoms. The van der Waals surface area contributed by atoms with Gasteiger partial charge < -0.3 is 20.1 Å². The Morgan fingerprint density at radius 3 is 2.63 bits per heavy atom. The number of hydrogen-bond donors (Lipinski definition) is 2. The van der Waals surface area contributed by atoms with Crippen LogP contribution in [0.1, 0.15) is 34.9 Å². The standard InChI is InChI=1S/C24H24F3N3O5/c25-14-1-3-17(19(26)9-14)21(31)5-6-23(32)29-11-16-13-30(24(33)35-16)15-2-4-18(20(27)10-15)22-12-28-7-8-34-22/h1-4,9-10,16,22,28H,5-8,11-13H2,(H,29,32)/t16-,22?/m0/s1. The number of cyclic esters (lactones) is 1. The summed E-state index contributed by atoms with van der Waals surface area (Å²) in [6.07, 6.45) is -2.24. The molecule has 2 aliphatic rings. The first-order valence-electron chi connectivity index (χ1n) is 11.2. The van der Waals surface area contributed by atoms with Crippen molar-refractivity contribution in [3.05, 3.63) is 65.0 Å². The molecule has 2 amide bonds. The first-order chi connectivity index (χ1) is 16.8. The van der Waals surface area contributed by atoms with Crippen molar-refractivity contribution in [3.8, 4) is 0 Å². The number of morpholine rings is 1. The third kappa shape index (κ3) is 5.98. The number of amides is 2. The SMILES string of the molecule is O=C(CCC(=O)c1ccc(F)cc1F)NC[C@H]1CN(c2ccc(C3CNCCO3)c(F)c2)C(=O)O1. The van der Waals surface area contributed by atoms with E-state index in [9.17, 15) is 27.6 Å². The Bertz CT molecular complexity index is 1120. The highest BCUT2D eigenvalue weighted by Crippen LogP contribution is 2.28. The van der Waals surface area contributed by atoms with Crippen LogP contribution in [-0.2, 0) is 14.3 Å². The number of hydrogen-bond acceptors (Lipinski definition) is 6. The summed E-state index contributed by atoms with van der Waals surface area (Å²) in [6, 6.07) is 7.04. The second-order valence-electron chi connectivity index (χ2n) is 8.24. The molecular formula is C24H24F3N3O5. The first kappa shape index (κ1) is 24.7. The van der Waals surface area contributed by atoms with Crippen LogP contribution in [0.25, 0.3) is 0 Å². The molecule has 0 saturated carbocycles. The van der Waals surface area contributed by atoms with E-state index in [-0.39, 0.29) is 31.5 Å². The van der Waals surface area contributed by atoms with E-state index in [2.05, 4.69) is 10.6 Å². The van der Waals surface area contributed by atoms with E-state index in [1.165, 1.54) is 11.0 Å². The van der Waals surface area contributed by atoms with Gasteiger partial charge in [-0.3, -0.25) is 14.5 Å². The molecule has 1 unspecified atom stereocenters. The van der Waals surface area contributed by atoms with E-state index in [0.29, 0.717) is 37.0 Å². The molecule has 2 aromatic carbocycles. The molecule has 2 heterocycles. The van der Waals surface area contributed by atoms with Gasteiger partial charge in [0.2, 0.25) is 5.91 Å². The fourth-order valence-electron chi connectivity index (χ4n) is 3.94. The zero-order chi connectivity index (χ0) is 24.9. The van der Waals surface area contributed by atoms with Crippen LogP contribution in [0.5, 0.6) is 0 Å². The van der Waals surface area contributed by atoms with Crippen molar-refractivity contribution in [2.75, 3.05) is 37.7 Å². The summed E-state index contributed by atoms with van der Waals surface area (Å²) in [4.78, 5) is 37.7. The summed E-state index contributed by atoms with van der Waals surface area (Å²) in [6.45, 7) is 1.77. The topological polar surface area (TPSA) is 97.0 Å². The van der Waals surface area contributed by atoms with Crippen LogP contribution in [0.4, 0.5) is 23.7 Å². The van der Waals surface area contributed by atoms with Gasteiger partial charge in [0, 0.05) is 37.6 Å². The predicted molar refractivity (Wildman–Crippen MR) is 119 cm³/mol. The van der Waals surface area contributed by atoms with Crippen molar-refractivity contribution >= 4 is 23.5 Å². The predicted octanol–water partition coefficient (Wildman–Crippen LogP) is 2.87. The van der Waals surface area contributed by atoms with Gasteiger partial charge in [-0.1, -0.05) is 6.07 Å². The van der Waals surface area contributed by atoms with Crippen LogP contribution in [0.3, 0.4) is 0 Å². The van der Waals surface area contributed by atoms with E-state index >= 15 is 0 Å². The highest BCUT2D eigenvalue weighted by molar-refractivity contribution is 5.98. The van der Waals surface area contributed by atoms with Crippen molar-refractivity contribution in [2.24, 2.45) is 0 Å². The van der Waals surface area contributed by atoms with Gasteiger partial charge in [-0.05, 0) is 24.3 Å². The third-order valence-electron chi connectivity index (χ3n) is 5.78. The molecule has 2 N–H and O–H groups in total. The summed E-state index contributed by atoms with van der Waals surface area (Å²) < 4.78 is 52.1. The number of nitrogens with zero attached hydrogens (tertiary/aromatic N) is 1. The van der Waals surface area contributed by atoms with Crippen molar-refractivity contribution in [1.82, 2.24) is 10.6 Å². The Morgan fingerprint density at radius 2 is 1.91 bits per heavy atom. The number of nitrogens with one attached hydrogen (secondary N) is 2. The van der Waals surface area contributed by atoms with Crippen molar-refractivity contribution in [2.45, 2.75) is 25.0 Å². The molecule has 4 rings (SSSR count). The number of halogens is 3. The number of carbonyl (C=O) groups is 3. The van der Waals surface area contributed by atoms with E-state index in [1.807, 2.05) is 0 Å². The Labute approximate surface area is 199 Å². The summed E-state index contributed by atoms with van der Waals surface area (Å²) >= 11 is 0. The molecule has 0 radical (unpaired) electrons. The molecule has 186 valence electrons. The lowest BCUT2D eigenvalue weighted by Gasteiger charge is -2.25. The van der Waals surface area contributed by atoms with Crippen molar-refractivity contribution in [3.63, 3.8) is 0 Å². The smallest absolute Gasteiger partial charge is 0.414 e. The Hall–Kier alpha value is -3.44. The van der Waals surface area contributed by atoms with Gasteiger partial charge in [0.1, 0.15) is 23.6 Å². The Balaban J connectivity index is 1.26. The molecule has 2 saturated heterocycles. The van der Waals surface area contributed by atoms with Crippen molar-refractivity contribution < 1.29 is 37.0 Å². The normalized spacial score (nSPS) is 20.0. The van der Waals surface area contributed by atoms with E-state index in [1.54, 1.807) is 12.1 Å². The summed E-state index contributed by atoms with van der Waals surface area (Å²) in [7, 11) is 0. The van der Waals surface area contributed by atoms with Gasteiger partial charge in [0.15, 0.2) is 5.78 Å². The maximum atomic E-state index is 14.7. The number of ketones is 1. The molecule has 0 aliphatic carbocycles. The number of ether oxygens (including phenoxy) is 2. The number of anilines is 1. The van der Waals surface area contributed by atoms with Gasteiger partial charge >= 0.3 is 6.09 Å². The minimum atomic E-state index is -0.985. The number of rotatable bonds is 8. The molecule has 2 aliphatic heterocycles. The Morgan fingerprint density at radius 1 is 1.09 bits per heavy atom. The first-order valence-corrected chi connectivity index (χ1v) is 11.2. The van der Waals surface area contributed by atoms with E-state index in [0.717, 1.165) is 12.1 Å². The maximum absolute atomic E-state index is 14.7. The number of carbonyl (C=O) groups excluding carboxylic acids is 3. The monoisotopic (exact) mass is 491 g/mol. The van der Waals surface area contributed by atoms with Crippen LogP contribution in [0.15, 0.2) is 36.4 Å². The molecule has 2 aromatic rings. The zero-order valence-corrected chi connectivity index (χ0v) is 18.7. The molecule has 2 fully saturated rings. The summed E-state index contributed by atoms with van der Waals surface area (Å²) in [5.41, 5.74) is 0.428. The number of benzene rings is 2. The van der Waals surface area contributed by atoms with Crippen LogP contribution in [0.2, 0.25) is 0 Å². The largest absolute Gasteiger partial charge is 0.442 e. The van der Waals surface area contributed by atoms with Gasteiger partial charge in [-0.15, -0.1) is 0 Å². The highest BCUT2D eigenvalue weighted by Gasteiger charge is 2.33. The molecule has 0 aromatic heterocycles. The maximum Gasteiger partial charge on any atom is 0.414 e. The highest BCUT2D eigenvalue weighted by atomic mass is 19.1. The zero-order valence-electron chi connectivity index (χ0n) is 18.7. The fraction of sp³-hybridized carbons (Fsp3) is 0.375. The quantitative estimate of drug-likeness (QED) is 0.552. The van der Waals surface area contributed by atoms with Gasteiger partial charge in [0.25, 0.3) is 0 Å². The van der Waals surface area contributed by atoms with E-state index < -0.39 is 47.4 Å². The lowest BCUT2D eigenvalue weighted by molar-refractivity contribution is -0.121. The van der Waals surface area contributed by atoms with Gasteiger partial charge in [-0.25, -0.2) is 18.0 Å². The van der Waals surface area contributed by atoms with Crippen LogP contribution < -0.4 is 15.5 Å². The number of Topliss-reactive ketones (excluding diaryl/α,β-unsaturated/α-hetero) is 1. The van der Waals surface area contributed by atoms with Crippen LogP contribution in [-0.4, -0.2) is 56.7 Å². The van der Waals surface area contributed by atoms with Crippen LogP contribution >= 0.6 is 0 Å². The minimum Gasteiger partial charge on any atom is -0.442 e. The Kier molecular flexibility index (Phi) is 7.67. The van der Waals surface area contributed by atoms with E-state index in [4.69, 9.17) is 9.47 Å². The summed E-state index contributed by atoms with van der Waals surface area (Å²) in [5, 5.41) is 5.70. The summed E-state index contributed by atoms with van der Waals surface area (Å²) in [5.74, 6) is -3.40. The fourth-order valence-corrected chi connectivity index (χ4v) is 3.94. The molecule has 2 atom stereocenters. The molecule has 35 heavy (non-hydrogen) atoms. The molecular weight excluding hydrogens is 467 g/mol. The average molecular weight is 491 g/mol. The molecule has 0 spiro atoms. The lowest BCUT2D eigenvalue weighted by atomic mass is 10.1. The second-order valence-corrected chi connectivity index (χ2v) is 8.24. The third-order valence-corrected chi connectivity index (χ3v) is 5.78. The minimum absolute atomic E-state index is 0.0116. The van der Waals surface area contributed by atoms with Crippen LogP contribution in [0, 0.1) is 17.5 Å². The lowest BCUT2D eigenvalue weighted by Crippen LogP contribution is -2.35. The second kappa shape index (κ2) is 10.9. The average Bonchev–Trinajstić information content (AvgIpc) is 3.22. The molecule has 0 bridgehead atoms. The van der Waals surface area contributed by atoms with Crippen molar-refractivity contribution in [1.29, 1.82) is 0 Å².